The van der Waals surface area contributed by atoms with E-state index in [4.69, 9.17) is 9.52 Å². The van der Waals surface area contributed by atoms with Crippen LogP contribution in [0.1, 0.15) is 21.7 Å². The molecule has 0 amide bonds. The van der Waals surface area contributed by atoms with Gasteiger partial charge in [-0.15, -0.1) is 0 Å². The van der Waals surface area contributed by atoms with Crippen LogP contribution in [0.4, 0.5) is 0 Å². The molecule has 0 radical (unpaired) electrons. The maximum absolute atomic E-state index is 10.9. The summed E-state index contributed by atoms with van der Waals surface area (Å²) in [4.78, 5) is 12.9. The average molecular weight is 233 g/mol. The molecule has 0 fully saturated rings. The Kier molecular flexibility index (Phi) is 2.90. The van der Waals surface area contributed by atoms with Crippen molar-refractivity contribution in [3.8, 4) is 0 Å². The lowest BCUT2D eigenvalue weighted by Gasteiger charge is -2.12. The maximum Gasteiger partial charge on any atom is 0.371 e. The van der Waals surface area contributed by atoms with Crippen LogP contribution in [0.25, 0.3) is 11.0 Å². The van der Waals surface area contributed by atoms with Crippen LogP contribution in [-0.4, -0.2) is 30.1 Å². The number of carboxylic acid groups (broad SMARTS) is 1. The number of hydrogen-bond donors (Lipinski definition) is 1. The first-order chi connectivity index (χ1) is 7.99. The maximum atomic E-state index is 10.9. The summed E-state index contributed by atoms with van der Waals surface area (Å²) < 4.78 is 5.42. The van der Waals surface area contributed by atoms with Crippen LogP contribution in [0.2, 0.25) is 0 Å². The van der Waals surface area contributed by atoms with E-state index in [0.29, 0.717) is 5.58 Å². The normalized spacial score (nSPS) is 11.3. The van der Waals surface area contributed by atoms with Gasteiger partial charge in [-0.05, 0) is 32.6 Å². The number of aromatic carboxylic acids is 1. The summed E-state index contributed by atoms with van der Waals surface area (Å²) in [7, 11) is 3.94. The number of fused-ring (bicyclic) bond motifs is 1. The Morgan fingerprint density at radius 1 is 1.41 bits per heavy atom. The summed E-state index contributed by atoms with van der Waals surface area (Å²) >= 11 is 0. The second kappa shape index (κ2) is 4.22. The van der Waals surface area contributed by atoms with Gasteiger partial charge >= 0.3 is 5.97 Å². The Morgan fingerprint density at radius 2 is 2.12 bits per heavy atom. The van der Waals surface area contributed by atoms with Crippen molar-refractivity contribution in [3.63, 3.8) is 0 Å². The first kappa shape index (κ1) is 11.7. The molecule has 17 heavy (non-hydrogen) atoms. The van der Waals surface area contributed by atoms with Gasteiger partial charge in [0.2, 0.25) is 5.76 Å². The van der Waals surface area contributed by atoms with Crippen LogP contribution < -0.4 is 0 Å². The first-order valence-corrected chi connectivity index (χ1v) is 5.39. The lowest BCUT2D eigenvalue weighted by atomic mass is 10.1. The number of hydrogen-bond acceptors (Lipinski definition) is 3. The molecule has 0 saturated carbocycles. The number of benzene rings is 1. The third-order valence-electron chi connectivity index (χ3n) is 2.71. The Bertz CT molecular complexity index is 569. The van der Waals surface area contributed by atoms with Crippen LogP contribution in [0.5, 0.6) is 0 Å². The van der Waals surface area contributed by atoms with Gasteiger partial charge in [0.1, 0.15) is 5.58 Å². The highest BCUT2D eigenvalue weighted by molar-refractivity contribution is 5.92. The van der Waals surface area contributed by atoms with Crippen LogP contribution >= 0.6 is 0 Å². The van der Waals surface area contributed by atoms with Gasteiger partial charge in [-0.25, -0.2) is 4.79 Å². The zero-order valence-corrected chi connectivity index (χ0v) is 10.2. The van der Waals surface area contributed by atoms with E-state index < -0.39 is 5.97 Å². The quantitative estimate of drug-likeness (QED) is 0.885. The van der Waals surface area contributed by atoms with Gasteiger partial charge in [-0.1, -0.05) is 12.1 Å². The summed E-state index contributed by atoms with van der Waals surface area (Å²) in [5, 5.41) is 9.76. The number of nitrogens with zero attached hydrogens (tertiary/aromatic N) is 1. The highest BCUT2D eigenvalue weighted by Crippen LogP contribution is 2.26. The predicted molar refractivity (Wildman–Crippen MR) is 65.3 cm³/mol. The smallest absolute Gasteiger partial charge is 0.371 e. The molecule has 0 aliphatic carbocycles. The van der Waals surface area contributed by atoms with E-state index in [1.807, 2.05) is 38.1 Å². The molecule has 0 unspecified atom stereocenters. The Hall–Kier alpha value is -1.81. The molecule has 0 saturated heterocycles. The summed E-state index contributed by atoms with van der Waals surface area (Å²) in [6.45, 7) is 2.73. The van der Waals surface area contributed by atoms with E-state index in [9.17, 15) is 4.79 Å². The van der Waals surface area contributed by atoms with E-state index in [1.165, 1.54) is 0 Å². The number of furan rings is 1. The fraction of sp³-hybridized carbons (Fsp3) is 0.308. The van der Waals surface area contributed by atoms with Crippen molar-refractivity contribution in [1.82, 2.24) is 4.90 Å². The average Bonchev–Trinajstić information content (AvgIpc) is 2.66. The van der Waals surface area contributed by atoms with Crippen molar-refractivity contribution in [1.29, 1.82) is 0 Å². The number of rotatable bonds is 3. The Morgan fingerprint density at radius 3 is 2.71 bits per heavy atom. The van der Waals surface area contributed by atoms with Crippen LogP contribution in [0, 0.1) is 6.92 Å². The molecule has 2 aromatic rings. The summed E-state index contributed by atoms with van der Waals surface area (Å²) in [5.41, 5.74) is 2.83. The fourth-order valence-electron chi connectivity index (χ4n) is 1.88. The van der Waals surface area contributed by atoms with Crippen molar-refractivity contribution in [2.75, 3.05) is 14.1 Å². The first-order valence-electron chi connectivity index (χ1n) is 5.39. The zero-order chi connectivity index (χ0) is 12.6. The molecule has 2 rings (SSSR count). The SMILES string of the molecule is Cc1ccc2cc(C(=O)O)oc2c1CN(C)C. The third-order valence-corrected chi connectivity index (χ3v) is 2.71. The van der Waals surface area contributed by atoms with E-state index in [2.05, 4.69) is 0 Å². The molecule has 0 bridgehead atoms. The van der Waals surface area contributed by atoms with E-state index >= 15 is 0 Å². The van der Waals surface area contributed by atoms with Crippen molar-refractivity contribution >= 4 is 16.9 Å². The topological polar surface area (TPSA) is 53.7 Å². The second-order valence-corrected chi connectivity index (χ2v) is 4.43. The summed E-state index contributed by atoms with van der Waals surface area (Å²) in [6.07, 6.45) is 0. The minimum atomic E-state index is -1.03. The molecular formula is C13H15NO3. The molecule has 0 aliphatic heterocycles. The van der Waals surface area contributed by atoms with Gasteiger partial charge in [0, 0.05) is 17.5 Å². The highest BCUT2D eigenvalue weighted by atomic mass is 16.4. The molecule has 4 nitrogen and oxygen atoms in total. The van der Waals surface area contributed by atoms with Crippen molar-refractivity contribution in [3.05, 3.63) is 35.1 Å². The number of carbonyl (C=O) groups is 1. The van der Waals surface area contributed by atoms with Gasteiger partial charge < -0.3 is 14.4 Å². The lowest BCUT2D eigenvalue weighted by molar-refractivity contribution is 0.0665. The van der Waals surface area contributed by atoms with Crippen LogP contribution in [0.15, 0.2) is 22.6 Å². The predicted octanol–water partition coefficient (Wildman–Crippen LogP) is 2.50. The molecule has 90 valence electrons. The molecular weight excluding hydrogens is 218 g/mol. The lowest BCUT2D eigenvalue weighted by Crippen LogP contribution is -2.11. The van der Waals surface area contributed by atoms with Gasteiger partial charge in [0.05, 0.1) is 0 Å². The van der Waals surface area contributed by atoms with Crippen molar-refractivity contribution in [2.24, 2.45) is 0 Å². The highest BCUT2D eigenvalue weighted by Gasteiger charge is 2.14. The largest absolute Gasteiger partial charge is 0.475 e. The summed E-state index contributed by atoms with van der Waals surface area (Å²) in [6, 6.07) is 5.44. The number of carboxylic acids is 1. The molecule has 4 heteroatoms. The minimum Gasteiger partial charge on any atom is -0.475 e. The molecule has 0 atom stereocenters. The van der Waals surface area contributed by atoms with Crippen LogP contribution in [0.3, 0.4) is 0 Å². The Labute approximate surface area is 99.4 Å². The third kappa shape index (κ3) is 2.17. The zero-order valence-electron chi connectivity index (χ0n) is 10.2. The monoisotopic (exact) mass is 233 g/mol. The minimum absolute atomic E-state index is 0.00870. The van der Waals surface area contributed by atoms with Gasteiger partial charge in [-0.2, -0.15) is 0 Å². The number of aryl methyl sites for hydroxylation is 1. The summed E-state index contributed by atoms with van der Waals surface area (Å²) in [5.74, 6) is -1.04. The van der Waals surface area contributed by atoms with Gasteiger partial charge in [0.15, 0.2) is 0 Å². The van der Waals surface area contributed by atoms with Gasteiger partial charge in [0.25, 0.3) is 0 Å². The standard InChI is InChI=1S/C13H15NO3/c1-8-4-5-9-6-11(13(15)16)17-12(9)10(8)7-14(2)3/h4-6H,7H2,1-3H3,(H,15,16). The molecule has 1 N–H and O–H groups in total. The van der Waals surface area contributed by atoms with E-state index in [1.54, 1.807) is 6.07 Å². The molecule has 1 heterocycles. The molecule has 0 spiro atoms. The van der Waals surface area contributed by atoms with E-state index in [0.717, 1.165) is 23.1 Å². The fourth-order valence-corrected chi connectivity index (χ4v) is 1.88. The van der Waals surface area contributed by atoms with Crippen LogP contribution in [-0.2, 0) is 6.54 Å². The second-order valence-electron chi connectivity index (χ2n) is 4.43. The molecule has 1 aromatic carbocycles. The molecule has 1 aromatic heterocycles. The molecule has 0 aliphatic rings. The van der Waals surface area contributed by atoms with Crippen molar-refractivity contribution < 1.29 is 14.3 Å². The van der Waals surface area contributed by atoms with Crippen molar-refractivity contribution in [2.45, 2.75) is 13.5 Å². The van der Waals surface area contributed by atoms with E-state index in [-0.39, 0.29) is 5.76 Å². The Balaban J connectivity index is 2.62. The van der Waals surface area contributed by atoms with Gasteiger partial charge in [-0.3, -0.25) is 0 Å².